The molecule has 0 aromatic heterocycles. The molecule has 0 bridgehead atoms. The van der Waals surface area contributed by atoms with Gasteiger partial charge < -0.3 is 14.4 Å². The number of hydrogen-bond acceptors (Lipinski definition) is 3. The third kappa shape index (κ3) is 3.53. The predicted molar refractivity (Wildman–Crippen MR) is 89.5 cm³/mol. The van der Waals surface area contributed by atoms with Crippen LogP contribution in [-0.2, 0) is 11.3 Å². The molecular formula is C19H25NO2. The highest BCUT2D eigenvalue weighted by molar-refractivity contribution is 5.56. The van der Waals surface area contributed by atoms with Gasteiger partial charge in [-0.3, -0.25) is 0 Å². The number of fused-ring (bicyclic) bond motifs is 1. The van der Waals surface area contributed by atoms with Gasteiger partial charge in [-0.2, -0.15) is 0 Å². The van der Waals surface area contributed by atoms with E-state index in [-0.39, 0.29) is 0 Å². The molecule has 22 heavy (non-hydrogen) atoms. The zero-order chi connectivity index (χ0) is 15.6. The summed E-state index contributed by atoms with van der Waals surface area (Å²) in [7, 11) is 0. The molecule has 2 aliphatic heterocycles. The zero-order valence-electron chi connectivity index (χ0n) is 13.6. The van der Waals surface area contributed by atoms with Gasteiger partial charge in [-0.25, -0.2) is 0 Å². The number of allylic oxidation sites excluding steroid dienone is 1. The third-order valence-electron chi connectivity index (χ3n) is 4.25. The first-order valence-electron chi connectivity index (χ1n) is 8.11. The topological polar surface area (TPSA) is 21.7 Å². The van der Waals surface area contributed by atoms with Crippen molar-refractivity contribution in [1.29, 1.82) is 0 Å². The molecule has 3 nitrogen and oxygen atoms in total. The van der Waals surface area contributed by atoms with Crippen molar-refractivity contribution in [2.75, 3.05) is 13.1 Å². The van der Waals surface area contributed by atoms with E-state index in [1.54, 1.807) is 0 Å². The van der Waals surface area contributed by atoms with Crippen molar-refractivity contribution in [2.24, 2.45) is 0 Å². The van der Waals surface area contributed by atoms with Crippen LogP contribution in [0, 0.1) is 0 Å². The Morgan fingerprint density at radius 3 is 2.77 bits per heavy atom. The highest BCUT2D eigenvalue weighted by atomic mass is 16.7. The minimum atomic E-state index is -0.549. The first-order valence-corrected chi connectivity index (χ1v) is 8.11. The van der Waals surface area contributed by atoms with E-state index in [1.807, 2.05) is 13.8 Å². The predicted octanol–water partition coefficient (Wildman–Crippen LogP) is 4.34. The molecule has 0 amide bonds. The van der Waals surface area contributed by atoms with Gasteiger partial charge in [0.2, 0.25) is 5.79 Å². The van der Waals surface area contributed by atoms with E-state index in [4.69, 9.17) is 9.47 Å². The Hall–Kier alpha value is -1.74. The first kappa shape index (κ1) is 15.2. The van der Waals surface area contributed by atoms with E-state index in [1.165, 1.54) is 19.3 Å². The number of hydrogen-bond donors (Lipinski definition) is 0. The Kier molecular flexibility index (Phi) is 4.25. The van der Waals surface area contributed by atoms with Crippen molar-refractivity contribution in [3.05, 3.63) is 47.7 Å². The lowest BCUT2D eigenvalue weighted by molar-refractivity contribution is -0.180. The Morgan fingerprint density at radius 1 is 1.23 bits per heavy atom. The van der Waals surface area contributed by atoms with Gasteiger partial charge >= 0.3 is 0 Å². The fraction of sp³-hybridized carbons (Fsp3) is 0.474. The second-order valence-electron chi connectivity index (χ2n) is 6.53. The van der Waals surface area contributed by atoms with Crippen LogP contribution >= 0.6 is 0 Å². The number of rotatable bonds is 3. The molecule has 118 valence electrons. The summed E-state index contributed by atoms with van der Waals surface area (Å²) in [5.41, 5.74) is 3.34. The molecule has 3 heteroatoms. The molecule has 1 aromatic carbocycles. The van der Waals surface area contributed by atoms with Crippen molar-refractivity contribution in [1.82, 2.24) is 4.90 Å². The van der Waals surface area contributed by atoms with Crippen LogP contribution < -0.4 is 4.74 Å². The minimum Gasteiger partial charge on any atom is -0.463 e. The molecule has 1 aromatic rings. The normalized spacial score (nSPS) is 20.5. The molecule has 2 heterocycles. The molecule has 0 aliphatic carbocycles. The maximum absolute atomic E-state index is 5.89. The Balaban J connectivity index is 1.70. The lowest BCUT2D eigenvalue weighted by Gasteiger charge is -2.32. The van der Waals surface area contributed by atoms with E-state index in [0.717, 1.165) is 35.7 Å². The second-order valence-corrected chi connectivity index (χ2v) is 6.53. The van der Waals surface area contributed by atoms with Gasteiger partial charge in [0.1, 0.15) is 5.75 Å². The summed E-state index contributed by atoms with van der Waals surface area (Å²) in [6.07, 6.45) is 8.11. The zero-order valence-corrected chi connectivity index (χ0v) is 13.6. The average Bonchev–Trinajstić information content (AvgIpc) is 2.52. The molecule has 0 unspecified atom stereocenters. The van der Waals surface area contributed by atoms with Gasteiger partial charge in [-0.15, -0.1) is 0 Å². The van der Waals surface area contributed by atoms with Gasteiger partial charge in [0.05, 0.1) is 6.61 Å². The molecule has 3 rings (SSSR count). The Labute approximate surface area is 133 Å². The summed E-state index contributed by atoms with van der Waals surface area (Å²) in [5, 5.41) is 0. The van der Waals surface area contributed by atoms with Crippen LogP contribution in [0.15, 0.2) is 36.6 Å². The summed E-state index contributed by atoms with van der Waals surface area (Å²) in [5.74, 6) is 0.370. The highest BCUT2D eigenvalue weighted by Crippen LogP contribution is 2.32. The quantitative estimate of drug-likeness (QED) is 0.775. The molecule has 0 atom stereocenters. The van der Waals surface area contributed by atoms with Crippen molar-refractivity contribution in [3.8, 4) is 5.75 Å². The highest BCUT2D eigenvalue weighted by Gasteiger charge is 2.27. The van der Waals surface area contributed by atoms with Crippen LogP contribution in [0.1, 0.15) is 44.2 Å². The fourth-order valence-corrected chi connectivity index (χ4v) is 2.91. The van der Waals surface area contributed by atoms with E-state index >= 15 is 0 Å². The smallest absolute Gasteiger partial charge is 0.205 e. The molecule has 0 radical (unpaired) electrons. The Morgan fingerprint density at radius 2 is 2.00 bits per heavy atom. The second kappa shape index (κ2) is 6.17. The molecule has 0 N–H and O–H groups in total. The van der Waals surface area contributed by atoms with Crippen LogP contribution in [0.4, 0.5) is 0 Å². The van der Waals surface area contributed by atoms with Gasteiger partial charge in [-0.05, 0) is 37.0 Å². The van der Waals surface area contributed by atoms with Crippen LogP contribution in [0.5, 0.6) is 5.75 Å². The molecule has 0 spiro atoms. The fourth-order valence-electron chi connectivity index (χ4n) is 2.91. The average molecular weight is 299 g/mol. The largest absolute Gasteiger partial charge is 0.463 e. The van der Waals surface area contributed by atoms with Gasteiger partial charge in [0.25, 0.3) is 0 Å². The first-order chi connectivity index (χ1) is 10.5. The summed E-state index contributed by atoms with van der Waals surface area (Å²) < 4.78 is 11.5. The standard InChI is InChI=1S/C19H25NO2/c1-15(20-11-5-4-6-12-20)7-8-16-9-10-17-14-21-19(2,3)22-18(17)13-16/h7-10,13H,1,4-6,11-12,14H2,2-3H3/b8-7+. The van der Waals surface area contributed by atoms with Gasteiger partial charge in [-0.1, -0.05) is 24.8 Å². The molecule has 1 fully saturated rings. The van der Waals surface area contributed by atoms with E-state index in [9.17, 15) is 0 Å². The maximum atomic E-state index is 5.89. The lowest BCUT2D eigenvalue weighted by atomic mass is 10.1. The number of benzene rings is 1. The number of ether oxygens (including phenoxy) is 2. The Bertz CT molecular complexity index is 583. The molecule has 1 saturated heterocycles. The van der Waals surface area contributed by atoms with Crippen molar-refractivity contribution in [3.63, 3.8) is 0 Å². The SMILES string of the molecule is C=C(/C=C/c1ccc2c(c1)OC(C)(C)OC2)N1CCCCC1. The van der Waals surface area contributed by atoms with Crippen LogP contribution in [0.3, 0.4) is 0 Å². The molecular weight excluding hydrogens is 274 g/mol. The van der Waals surface area contributed by atoms with E-state index in [0.29, 0.717) is 6.61 Å². The third-order valence-corrected chi connectivity index (χ3v) is 4.25. The number of likely N-dealkylation sites (tertiary alicyclic amines) is 1. The maximum Gasteiger partial charge on any atom is 0.205 e. The molecule has 0 saturated carbocycles. The van der Waals surface area contributed by atoms with Crippen LogP contribution in [-0.4, -0.2) is 23.8 Å². The van der Waals surface area contributed by atoms with Crippen molar-refractivity contribution in [2.45, 2.75) is 45.5 Å². The molecule has 2 aliphatic rings. The van der Waals surface area contributed by atoms with Crippen LogP contribution in [0.2, 0.25) is 0 Å². The summed E-state index contributed by atoms with van der Waals surface area (Å²) >= 11 is 0. The van der Waals surface area contributed by atoms with Crippen molar-refractivity contribution >= 4 is 6.08 Å². The number of nitrogens with zero attached hydrogens (tertiary/aromatic N) is 1. The van der Waals surface area contributed by atoms with Gasteiger partial charge in [0, 0.05) is 38.2 Å². The monoisotopic (exact) mass is 299 g/mol. The van der Waals surface area contributed by atoms with E-state index in [2.05, 4.69) is 41.8 Å². The van der Waals surface area contributed by atoms with Crippen LogP contribution in [0.25, 0.3) is 6.08 Å². The summed E-state index contributed by atoms with van der Waals surface area (Å²) in [6.45, 7) is 10.9. The van der Waals surface area contributed by atoms with Crippen molar-refractivity contribution < 1.29 is 9.47 Å². The summed E-state index contributed by atoms with van der Waals surface area (Å²) in [6, 6.07) is 6.26. The minimum absolute atomic E-state index is 0.549. The number of piperidine rings is 1. The van der Waals surface area contributed by atoms with E-state index < -0.39 is 5.79 Å². The lowest BCUT2D eigenvalue weighted by Crippen LogP contribution is -2.35. The summed E-state index contributed by atoms with van der Waals surface area (Å²) in [4.78, 5) is 2.37. The van der Waals surface area contributed by atoms with Gasteiger partial charge in [0.15, 0.2) is 0 Å².